The molecule has 0 spiro atoms. The molecule has 0 saturated carbocycles. The number of phenols is 1. The second-order valence-corrected chi connectivity index (χ2v) is 8.14. The number of ketones is 1. The summed E-state index contributed by atoms with van der Waals surface area (Å²) in [5, 5.41) is 10.9. The maximum Gasteiger partial charge on any atom is 0.203 e. The number of aromatic nitrogens is 1. The van der Waals surface area contributed by atoms with Crippen LogP contribution in [0, 0.1) is 0 Å². The third kappa shape index (κ3) is 3.06. The van der Waals surface area contributed by atoms with Crippen molar-refractivity contribution >= 4 is 32.9 Å². The molecule has 0 aliphatic heterocycles. The standard InChI is InChI=1S/C25H18N2O2S/c26-21-14-27-13-20(21)15-6-8-16(9-7-15)23-19-11-10-18(28)12-22(19)30-25(23)24(29)17-4-2-1-3-5-17/h1-14,27-28H,26H2. The van der Waals surface area contributed by atoms with Crippen LogP contribution in [0.25, 0.3) is 32.3 Å². The summed E-state index contributed by atoms with van der Waals surface area (Å²) in [6, 6.07) is 22.6. The number of nitrogens with one attached hydrogen (secondary N) is 1. The van der Waals surface area contributed by atoms with Gasteiger partial charge in [0.15, 0.2) is 0 Å². The van der Waals surface area contributed by atoms with Crippen LogP contribution in [0.5, 0.6) is 5.75 Å². The maximum atomic E-state index is 13.3. The fourth-order valence-electron chi connectivity index (χ4n) is 3.69. The lowest BCUT2D eigenvalue weighted by Crippen LogP contribution is -2.00. The van der Waals surface area contributed by atoms with E-state index in [1.807, 2.05) is 66.9 Å². The largest absolute Gasteiger partial charge is 0.508 e. The Hall–Kier alpha value is -3.83. The number of carbonyl (C=O) groups is 1. The first-order valence-corrected chi connectivity index (χ1v) is 10.3. The fourth-order valence-corrected chi connectivity index (χ4v) is 4.91. The molecule has 2 aromatic heterocycles. The monoisotopic (exact) mass is 410 g/mol. The highest BCUT2D eigenvalue weighted by Gasteiger charge is 2.21. The van der Waals surface area contributed by atoms with E-state index in [0.717, 1.165) is 32.3 Å². The van der Waals surface area contributed by atoms with Gasteiger partial charge in [0.1, 0.15) is 5.75 Å². The molecular formula is C25H18N2O2S. The lowest BCUT2D eigenvalue weighted by atomic mass is 9.96. The molecule has 146 valence electrons. The Morgan fingerprint density at radius 2 is 1.63 bits per heavy atom. The number of hydrogen-bond donors (Lipinski definition) is 3. The van der Waals surface area contributed by atoms with Crippen LogP contribution in [-0.4, -0.2) is 15.9 Å². The van der Waals surface area contributed by atoms with Gasteiger partial charge in [0, 0.05) is 39.2 Å². The number of nitrogen functional groups attached to an aromatic ring is 1. The predicted octanol–water partition coefficient (Wildman–Crippen LogP) is 6.08. The second-order valence-electron chi connectivity index (χ2n) is 7.08. The number of hydrogen-bond acceptors (Lipinski definition) is 4. The van der Waals surface area contributed by atoms with Gasteiger partial charge in [-0.15, -0.1) is 11.3 Å². The molecule has 4 nitrogen and oxygen atoms in total. The SMILES string of the molecule is Nc1c[nH]cc1-c1ccc(-c2c(C(=O)c3ccccc3)sc3cc(O)ccc23)cc1. The van der Waals surface area contributed by atoms with Gasteiger partial charge in [-0.25, -0.2) is 0 Å². The first kappa shape index (κ1) is 18.2. The van der Waals surface area contributed by atoms with Crippen LogP contribution < -0.4 is 5.73 Å². The van der Waals surface area contributed by atoms with Gasteiger partial charge in [-0.1, -0.05) is 54.6 Å². The van der Waals surface area contributed by atoms with Crippen molar-refractivity contribution in [1.82, 2.24) is 4.98 Å². The minimum Gasteiger partial charge on any atom is -0.508 e. The molecule has 0 unspecified atom stereocenters. The molecule has 5 aromatic rings. The number of fused-ring (bicyclic) bond motifs is 1. The molecule has 3 aromatic carbocycles. The van der Waals surface area contributed by atoms with E-state index in [0.29, 0.717) is 16.1 Å². The number of benzene rings is 3. The molecule has 0 amide bonds. The Balaban J connectivity index is 1.68. The number of aromatic amines is 1. The van der Waals surface area contributed by atoms with Crippen LogP contribution in [0.4, 0.5) is 5.69 Å². The van der Waals surface area contributed by atoms with Gasteiger partial charge in [-0.05, 0) is 29.3 Å². The number of anilines is 1. The van der Waals surface area contributed by atoms with E-state index in [1.165, 1.54) is 11.3 Å². The van der Waals surface area contributed by atoms with E-state index in [4.69, 9.17) is 5.73 Å². The van der Waals surface area contributed by atoms with E-state index in [1.54, 1.807) is 18.3 Å². The number of phenolic OH excluding ortho intramolecular Hbond substituents is 1. The Bertz CT molecular complexity index is 1370. The number of aromatic hydroxyl groups is 1. The van der Waals surface area contributed by atoms with Crippen molar-refractivity contribution in [2.45, 2.75) is 0 Å². The second kappa shape index (κ2) is 7.21. The summed E-state index contributed by atoms with van der Waals surface area (Å²) in [5.41, 5.74) is 11.1. The van der Waals surface area contributed by atoms with E-state index >= 15 is 0 Å². The van der Waals surface area contributed by atoms with Crippen molar-refractivity contribution in [3.8, 4) is 28.0 Å². The summed E-state index contributed by atoms with van der Waals surface area (Å²) in [4.78, 5) is 17.0. The van der Waals surface area contributed by atoms with Gasteiger partial charge in [-0.2, -0.15) is 0 Å². The average molecular weight is 410 g/mol. The topological polar surface area (TPSA) is 79.1 Å². The van der Waals surface area contributed by atoms with Crippen LogP contribution in [0.15, 0.2) is 85.2 Å². The molecule has 0 radical (unpaired) electrons. The van der Waals surface area contributed by atoms with Gasteiger partial charge < -0.3 is 15.8 Å². The maximum absolute atomic E-state index is 13.3. The Morgan fingerprint density at radius 3 is 2.33 bits per heavy atom. The summed E-state index contributed by atoms with van der Waals surface area (Å²) in [6.45, 7) is 0. The van der Waals surface area contributed by atoms with Crippen LogP contribution in [-0.2, 0) is 0 Å². The molecule has 5 rings (SSSR count). The molecular weight excluding hydrogens is 392 g/mol. The predicted molar refractivity (Wildman–Crippen MR) is 123 cm³/mol. The van der Waals surface area contributed by atoms with Crippen LogP contribution >= 0.6 is 11.3 Å². The molecule has 30 heavy (non-hydrogen) atoms. The molecule has 5 heteroatoms. The van der Waals surface area contributed by atoms with E-state index in [9.17, 15) is 9.90 Å². The zero-order valence-electron chi connectivity index (χ0n) is 15.9. The third-order valence-corrected chi connectivity index (χ3v) is 6.33. The van der Waals surface area contributed by atoms with Gasteiger partial charge in [-0.3, -0.25) is 4.79 Å². The number of rotatable bonds is 4. The van der Waals surface area contributed by atoms with Gasteiger partial charge in [0.25, 0.3) is 0 Å². The quantitative estimate of drug-likeness (QED) is 0.314. The van der Waals surface area contributed by atoms with Crippen molar-refractivity contribution in [3.63, 3.8) is 0 Å². The minimum atomic E-state index is -0.0229. The Labute approximate surface area is 177 Å². The number of thiophene rings is 1. The van der Waals surface area contributed by atoms with Gasteiger partial charge >= 0.3 is 0 Å². The van der Waals surface area contributed by atoms with Crippen molar-refractivity contribution in [3.05, 3.63) is 95.6 Å². The lowest BCUT2D eigenvalue weighted by Gasteiger charge is -2.07. The minimum absolute atomic E-state index is 0.0229. The molecule has 0 atom stereocenters. The Morgan fingerprint density at radius 1 is 0.900 bits per heavy atom. The van der Waals surface area contributed by atoms with Crippen molar-refractivity contribution in [2.75, 3.05) is 5.73 Å². The molecule has 4 N–H and O–H groups in total. The van der Waals surface area contributed by atoms with Crippen LogP contribution in [0.1, 0.15) is 15.2 Å². The highest BCUT2D eigenvalue weighted by molar-refractivity contribution is 7.21. The zero-order chi connectivity index (χ0) is 20.7. The van der Waals surface area contributed by atoms with Crippen molar-refractivity contribution in [2.24, 2.45) is 0 Å². The first-order chi connectivity index (χ1) is 14.6. The normalized spacial score (nSPS) is 11.1. The van der Waals surface area contributed by atoms with Crippen LogP contribution in [0.3, 0.4) is 0 Å². The summed E-state index contributed by atoms with van der Waals surface area (Å²) in [6.07, 6.45) is 3.64. The first-order valence-electron chi connectivity index (χ1n) is 9.50. The van der Waals surface area contributed by atoms with E-state index < -0.39 is 0 Å². The highest BCUT2D eigenvalue weighted by atomic mass is 32.1. The molecule has 0 bridgehead atoms. The number of nitrogens with two attached hydrogens (primary N) is 1. The summed E-state index contributed by atoms with van der Waals surface area (Å²) in [5.74, 6) is 0.164. The van der Waals surface area contributed by atoms with Crippen molar-refractivity contribution < 1.29 is 9.90 Å². The molecule has 0 fully saturated rings. The summed E-state index contributed by atoms with van der Waals surface area (Å²) in [7, 11) is 0. The third-order valence-electron chi connectivity index (χ3n) is 5.18. The summed E-state index contributed by atoms with van der Waals surface area (Å²) < 4.78 is 0.878. The molecule has 0 aliphatic rings. The summed E-state index contributed by atoms with van der Waals surface area (Å²) >= 11 is 1.41. The molecule has 0 aliphatic carbocycles. The molecule has 2 heterocycles. The van der Waals surface area contributed by atoms with Crippen molar-refractivity contribution in [1.29, 1.82) is 0 Å². The van der Waals surface area contributed by atoms with E-state index in [-0.39, 0.29) is 11.5 Å². The molecule has 0 saturated heterocycles. The zero-order valence-corrected chi connectivity index (χ0v) is 16.7. The average Bonchev–Trinajstić information content (AvgIpc) is 3.37. The fraction of sp³-hybridized carbons (Fsp3) is 0. The lowest BCUT2D eigenvalue weighted by molar-refractivity contribution is 0.104. The number of H-pyrrole nitrogens is 1. The van der Waals surface area contributed by atoms with Gasteiger partial charge in [0.2, 0.25) is 5.78 Å². The van der Waals surface area contributed by atoms with Crippen LogP contribution in [0.2, 0.25) is 0 Å². The highest BCUT2D eigenvalue weighted by Crippen LogP contribution is 2.41. The van der Waals surface area contributed by atoms with Gasteiger partial charge in [0.05, 0.1) is 10.6 Å². The Kier molecular flexibility index (Phi) is 4.38. The smallest absolute Gasteiger partial charge is 0.203 e. The number of carbonyl (C=O) groups excluding carboxylic acids is 1. The van der Waals surface area contributed by atoms with E-state index in [2.05, 4.69) is 4.98 Å².